The standard InChI is InChI=1S/C23H16N2O2/c26-23(27)19-11-5-6-12-21(19)24-15-17-14-20(16-8-2-1-3-9-16)18-10-4-7-13-22(18)25-17/h1-15H,(H,26,27). The summed E-state index contributed by atoms with van der Waals surface area (Å²) in [5.41, 5.74) is 4.27. The third-order valence-electron chi connectivity index (χ3n) is 4.29. The molecule has 0 atom stereocenters. The molecule has 0 fully saturated rings. The highest BCUT2D eigenvalue weighted by Crippen LogP contribution is 2.28. The van der Waals surface area contributed by atoms with Crippen LogP contribution in [0.4, 0.5) is 5.69 Å². The van der Waals surface area contributed by atoms with Gasteiger partial charge in [0.05, 0.1) is 28.7 Å². The number of aromatic carboxylic acids is 1. The first-order chi connectivity index (χ1) is 13.2. The van der Waals surface area contributed by atoms with Crippen LogP contribution < -0.4 is 0 Å². The fourth-order valence-corrected chi connectivity index (χ4v) is 3.02. The summed E-state index contributed by atoms with van der Waals surface area (Å²) in [6, 6.07) is 26.7. The summed E-state index contributed by atoms with van der Waals surface area (Å²) in [4.78, 5) is 20.4. The lowest BCUT2D eigenvalue weighted by Gasteiger charge is -2.08. The smallest absolute Gasteiger partial charge is 0.337 e. The molecule has 0 saturated carbocycles. The van der Waals surface area contributed by atoms with Crippen molar-refractivity contribution in [3.05, 3.63) is 96.2 Å². The molecule has 0 radical (unpaired) electrons. The summed E-state index contributed by atoms with van der Waals surface area (Å²) >= 11 is 0. The molecular weight excluding hydrogens is 336 g/mol. The lowest BCUT2D eigenvalue weighted by Crippen LogP contribution is -1.96. The number of rotatable bonds is 4. The third-order valence-corrected chi connectivity index (χ3v) is 4.29. The van der Waals surface area contributed by atoms with Crippen molar-refractivity contribution in [1.29, 1.82) is 0 Å². The van der Waals surface area contributed by atoms with Crippen LogP contribution in [0.5, 0.6) is 0 Å². The highest BCUT2D eigenvalue weighted by atomic mass is 16.4. The highest BCUT2D eigenvalue weighted by molar-refractivity contribution is 5.99. The van der Waals surface area contributed by atoms with Crippen molar-refractivity contribution in [1.82, 2.24) is 4.98 Å². The van der Waals surface area contributed by atoms with Crippen LogP contribution in [0, 0.1) is 0 Å². The maximum absolute atomic E-state index is 11.4. The molecule has 27 heavy (non-hydrogen) atoms. The van der Waals surface area contributed by atoms with E-state index in [1.807, 2.05) is 48.5 Å². The van der Waals surface area contributed by atoms with Gasteiger partial charge in [-0.2, -0.15) is 0 Å². The number of carboxylic acid groups (broad SMARTS) is 1. The zero-order chi connectivity index (χ0) is 18.6. The molecule has 0 bridgehead atoms. The molecular formula is C23H16N2O2. The topological polar surface area (TPSA) is 62.5 Å². The van der Waals surface area contributed by atoms with Crippen molar-refractivity contribution < 1.29 is 9.90 Å². The predicted octanol–water partition coefficient (Wildman–Crippen LogP) is 5.35. The number of aromatic nitrogens is 1. The van der Waals surface area contributed by atoms with Gasteiger partial charge >= 0.3 is 5.97 Å². The quantitative estimate of drug-likeness (QED) is 0.504. The molecule has 1 N–H and O–H groups in total. The number of nitrogens with zero attached hydrogens (tertiary/aromatic N) is 2. The molecule has 4 nitrogen and oxygen atoms in total. The van der Waals surface area contributed by atoms with Gasteiger partial charge in [0, 0.05) is 5.39 Å². The molecule has 3 aromatic carbocycles. The first kappa shape index (κ1) is 16.7. The Morgan fingerprint density at radius 1 is 0.889 bits per heavy atom. The number of pyridine rings is 1. The van der Waals surface area contributed by atoms with Gasteiger partial charge in [-0.05, 0) is 35.4 Å². The molecule has 0 spiro atoms. The molecule has 0 aliphatic carbocycles. The van der Waals surface area contributed by atoms with Crippen LogP contribution in [-0.4, -0.2) is 22.3 Å². The Morgan fingerprint density at radius 3 is 2.41 bits per heavy atom. The van der Waals surface area contributed by atoms with E-state index in [-0.39, 0.29) is 5.56 Å². The van der Waals surface area contributed by atoms with E-state index in [0.717, 1.165) is 22.0 Å². The third kappa shape index (κ3) is 3.46. The fourth-order valence-electron chi connectivity index (χ4n) is 3.02. The van der Waals surface area contributed by atoms with Gasteiger partial charge in [0.1, 0.15) is 0 Å². The molecule has 1 heterocycles. The van der Waals surface area contributed by atoms with E-state index < -0.39 is 5.97 Å². The van der Waals surface area contributed by atoms with E-state index in [1.54, 1.807) is 24.4 Å². The maximum Gasteiger partial charge on any atom is 0.337 e. The van der Waals surface area contributed by atoms with Crippen LogP contribution in [-0.2, 0) is 0 Å². The molecule has 0 saturated heterocycles. The van der Waals surface area contributed by atoms with Crippen molar-refractivity contribution in [3.8, 4) is 11.1 Å². The Kier molecular flexibility index (Phi) is 4.45. The molecule has 4 aromatic rings. The minimum atomic E-state index is -1.00. The molecule has 0 aliphatic heterocycles. The largest absolute Gasteiger partial charge is 0.478 e. The van der Waals surface area contributed by atoms with Crippen LogP contribution in [0.2, 0.25) is 0 Å². The number of carboxylic acids is 1. The van der Waals surface area contributed by atoms with Gasteiger partial charge in [-0.25, -0.2) is 9.78 Å². The summed E-state index contributed by atoms with van der Waals surface area (Å²) in [6.07, 6.45) is 1.61. The lowest BCUT2D eigenvalue weighted by molar-refractivity contribution is 0.0698. The lowest BCUT2D eigenvalue weighted by atomic mass is 10.0. The van der Waals surface area contributed by atoms with E-state index in [1.165, 1.54) is 6.07 Å². The van der Waals surface area contributed by atoms with Gasteiger partial charge in [-0.3, -0.25) is 4.99 Å². The summed E-state index contributed by atoms with van der Waals surface area (Å²) in [5.74, 6) is -1.00. The number of hydrogen-bond donors (Lipinski definition) is 1. The van der Waals surface area contributed by atoms with E-state index in [0.29, 0.717) is 11.4 Å². The van der Waals surface area contributed by atoms with E-state index >= 15 is 0 Å². The van der Waals surface area contributed by atoms with Crippen molar-refractivity contribution >= 4 is 28.8 Å². The second-order valence-electron chi connectivity index (χ2n) is 6.06. The van der Waals surface area contributed by atoms with Gasteiger partial charge in [0.2, 0.25) is 0 Å². The van der Waals surface area contributed by atoms with E-state index in [4.69, 9.17) is 0 Å². The summed E-state index contributed by atoms with van der Waals surface area (Å²) in [5, 5.41) is 10.4. The van der Waals surface area contributed by atoms with Gasteiger partial charge in [0.15, 0.2) is 0 Å². The van der Waals surface area contributed by atoms with E-state index in [2.05, 4.69) is 22.1 Å². The van der Waals surface area contributed by atoms with Crippen molar-refractivity contribution in [2.24, 2.45) is 4.99 Å². The van der Waals surface area contributed by atoms with Crippen LogP contribution in [0.3, 0.4) is 0 Å². The Hall–Kier alpha value is -3.79. The van der Waals surface area contributed by atoms with Gasteiger partial charge in [0.25, 0.3) is 0 Å². The van der Waals surface area contributed by atoms with Crippen LogP contribution in [0.1, 0.15) is 16.1 Å². The fraction of sp³-hybridized carbons (Fsp3) is 0. The first-order valence-corrected chi connectivity index (χ1v) is 8.54. The second-order valence-corrected chi connectivity index (χ2v) is 6.06. The number of para-hydroxylation sites is 2. The summed E-state index contributed by atoms with van der Waals surface area (Å²) in [6.45, 7) is 0. The average Bonchev–Trinajstić information content (AvgIpc) is 2.72. The molecule has 130 valence electrons. The minimum absolute atomic E-state index is 0.165. The van der Waals surface area contributed by atoms with Crippen LogP contribution in [0.25, 0.3) is 22.0 Å². The van der Waals surface area contributed by atoms with Gasteiger partial charge in [-0.1, -0.05) is 60.7 Å². The number of fused-ring (bicyclic) bond motifs is 1. The minimum Gasteiger partial charge on any atom is -0.478 e. The average molecular weight is 352 g/mol. The van der Waals surface area contributed by atoms with Gasteiger partial charge in [-0.15, -0.1) is 0 Å². The Balaban J connectivity index is 1.83. The molecule has 1 aromatic heterocycles. The zero-order valence-electron chi connectivity index (χ0n) is 14.4. The van der Waals surface area contributed by atoms with Crippen molar-refractivity contribution in [2.75, 3.05) is 0 Å². The van der Waals surface area contributed by atoms with Crippen LogP contribution in [0.15, 0.2) is 89.9 Å². The Labute approximate surface area is 156 Å². The Morgan fingerprint density at radius 2 is 1.59 bits per heavy atom. The Bertz CT molecular complexity index is 1150. The molecule has 4 rings (SSSR count). The molecule has 0 unspecified atom stereocenters. The number of benzene rings is 3. The summed E-state index contributed by atoms with van der Waals surface area (Å²) in [7, 11) is 0. The van der Waals surface area contributed by atoms with Crippen LogP contribution >= 0.6 is 0 Å². The molecule has 4 heteroatoms. The molecule has 0 aliphatic rings. The molecule has 0 amide bonds. The van der Waals surface area contributed by atoms with Crippen molar-refractivity contribution in [3.63, 3.8) is 0 Å². The maximum atomic E-state index is 11.4. The highest BCUT2D eigenvalue weighted by Gasteiger charge is 2.09. The van der Waals surface area contributed by atoms with Crippen molar-refractivity contribution in [2.45, 2.75) is 0 Å². The number of hydrogen-bond acceptors (Lipinski definition) is 3. The SMILES string of the molecule is O=C(O)c1ccccc1N=Cc1cc(-c2ccccc2)c2ccccc2n1. The number of aliphatic imine (C=N–C) groups is 1. The normalized spacial score (nSPS) is 11.1. The monoisotopic (exact) mass is 352 g/mol. The number of carbonyl (C=O) groups is 1. The summed E-state index contributed by atoms with van der Waals surface area (Å²) < 4.78 is 0. The second kappa shape index (κ2) is 7.22. The first-order valence-electron chi connectivity index (χ1n) is 8.54. The zero-order valence-corrected chi connectivity index (χ0v) is 14.4. The van der Waals surface area contributed by atoms with E-state index in [9.17, 15) is 9.90 Å². The predicted molar refractivity (Wildman–Crippen MR) is 108 cm³/mol. The van der Waals surface area contributed by atoms with Gasteiger partial charge < -0.3 is 5.11 Å².